The molecule has 2 aromatic rings. The predicted molar refractivity (Wildman–Crippen MR) is 99.1 cm³/mol. The first-order valence-corrected chi connectivity index (χ1v) is 9.49. The second-order valence-corrected chi connectivity index (χ2v) is 7.29. The Kier molecular flexibility index (Phi) is 6.46. The minimum absolute atomic E-state index is 0.0951. The summed E-state index contributed by atoms with van der Waals surface area (Å²) in [6.07, 6.45) is 0. The maximum Gasteiger partial charge on any atom is 0.261 e. The van der Waals surface area contributed by atoms with Crippen molar-refractivity contribution in [1.29, 1.82) is 0 Å². The quantitative estimate of drug-likeness (QED) is 0.762. The molecule has 140 valence electrons. The Labute approximate surface area is 153 Å². The highest BCUT2D eigenvalue weighted by atomic mass is 32.2. The van der Waals surface area contributed by atoms with Gasteiger partial charge in [0.15, 0.2) is 6.61 Å². The van der Waals surface area contributed by atoms with Crippen LogP contribution < -0.4 is 14.2 Å². The highest BCUT2D eigenvalue weighted by molar-refractivity contribution is 7.92. The molecular formula is C18H22N2O5S. The molecule has 2 aromatic carbocycles. The van der Waals surface area contributed by atoms with Crippen LogP contribution in [0.1, 0.15) is 6.92 Å². The largest absolute Gasteiger partial charge is 0.494 e. The SMILES string of the molecule is CCOc1ccc(NS(=O)(=O)c2ccc(OCC(=O)N(C)C)cc2)cc1. The highest BCUT2D eigenvalue weighted by Crippen LogP contribution is 2.21. The van der Waals surface area contributed by atoms with Crippen LogP contribution in [-0.2, 0) is 14.8 Å². The molecule has 0 fully saturated rings. The molecule has 0 aromatic heterocycles. The van der Waals surface area contributed by atoms with E-state index < -0.39 is 10.0 Å². The summed E-state index contributed by atoms with van der Waals surface area (Å²) in [6, 6.07) is 12.5. The summed E-state index contributed by atoms with van der Waals surface area (Å²) >= 11 is 0. The summed E-state index contributed by atoms with van der Waals surface area (Å²) in [6.45, 7) is 2.31. The third-order valence-corrected chi connectivity index (χ3v) is 4.81. The Morgan fingerprint density at radius 1 is 0.962 bits per heavy atom. The van der Waals surface area contributed by atoms with Gasteiger partial charge in [0.05, 0.1) is 11.5 Å². The fourth-order valence-corrected chi connectivity index (χ4v) is 3.05. The number of sulfonamides is 1. The van der Waals surface area contributed by atoms with Gasteiger partial charge in [-0.15, -0.1) is 0 Å². The maximum atomic E-state index is 12.4. The number of ether oxygens (including phenoxy) is 2. The van der Waals surface area contributed by atoms with E-state index in [1.54, 1.807) is 38.4 Å². The van der Waals surface area contributed by atoms with E-state index in [1.807, 2.05) is 6.92 Å². The highest BCUT2D eigenvalue weighted by Gasteiger charge is 2.14. The fraction of sp³-hybridized carbons (Fsp3) is 0.278. The number of carbonyl (C=O) groups is 1. The predicted octanol–water partition coefficient (Wildman–Crippen LogP) is 2.35. The molecule has 0 aliphatic heterocycles. The zero-order valence-electron chi connectivity index (χ0n) is 14.9. The number of nitrogens with one attached hydrogen (secondary N) is 1. The van der Waals surface area contributed by atoms with Crippen LogP contribution >= 0.6 is 0 Å². The van der Waals surface area contributed by atoms with Crippen molar-refractivity contribution in [3.8, 4) is 11.5 Å². The van der Waals surface area contributed by atoms with Gasteiger partial charge in [0.25, 0.3) is 15.9 Å². The standard InChI is InChI=1S/C18H22N2O5S/c1-4-24-15-7-5-14(6-8-15)19-26(22,23)17-11-9-16(10-12-17)25-13-18(21)20(2)3/h5-12,19H,4,13H2,1-3H3. The number of amides is 1. The van der Waals surface area contributed by atoms with Crippen molar-refractivity contribution < 1.29 is 22.7 Å². The number of benzene rings is 2. The van der Waals surface area contributed by atoms with Crippen LogP contribution in [0.4, 0.5) is 5.69 Å². The van der Waals surface area contributed by atoms with Crippen LogP contribution in [0.25, 0.3) is 0 Å². The van der Waals surface area contributed by atoms with Gasteiger partial charge in [-0.1, -0.05) is 0 Å². The van der Waals surface area contributed by atoms with Gasteiger partial charge in [-0.25, -0.2) is 8.42 Å². The summed E-state index contributed by atoms with van der Waals surface area (Å²) in [7, 11) is -0.456. The van der Waals surface area contributed by atoms with Gasteiger partial charge in [0.2, 0.25) is 0 Å². The lowest BCUT2D eigenvalue weighted by molar-refractivity contribution is -0.130. The van der Waals surface area contributed by atoms with E-state index in [2.05, 4.69) is 4.72 Å². The van der Waals surface area contributed by atoms with Gasteiger partial charge in [0.1, 0.15) is 11.5 Å². The molecule has 7 nitrogen and oxygen atoms in total. The van der Waals surface area contributed by atoms with Crippen LogP contribution in [0.2, 0.25) is 0 Å². The third-order valence-electron chi connectivity index (χ3n) is 3.41. The van der Waals surface area contributed by atoms with Gasteiger partial charge in [0, 0.05) is 19.8 Å². The molecule has 0 aliphatic carbocycles. The number of nitrogens with zero attached hydrogens (tertiary/aromatic N) is 1. The number of carbonyl (C=O) groups excluding carboxylic acids is 1. The summed E-state index contributed by atoms with van der Waals surface area (Å²) < 4.78 is 38.0. The van der Waals surface area contributed by atoms with Crippen molar-refractivity contribution in [2.45, 2.75) is 11.8 Å². The summed E-state index contributed by atoms with van der Waals surface area (Å²) in [5, 5.41) is 0. The molecule has 26 heavy (non-hydrogen) atoms. The second-order valence-electron chi connectivity index (χ2n) is 5.61. The number of likely N-dealkylation sites (N-methyl/N-ethyl adjacent to an activating group) is 1. The Morgan fingerprint density at radius 3 is 2.04 bits per heavy atom. The Morgan fingerprint density at radius 2 is 1.50 bits per heavy atom. The monoisotopic (exact) mass is 378 g/mol. The minimum Gasteiger partial charge on any atom is -0.494 e. The Hall–Kier alpha value is -2.74. The smallest absolute Gasteiger partial charge is 0.261 e. The van der Waals surface area contributed by atoms with E-state index >= 15 is 0 Å². The van der Waals surface area contributed by atoms with Crippen molar-refractivity contribution >= 4 is 21.6 Å². The molecular weight excluding hydrogens is 356 g/mol. The van der Waals surface area contributed by atoms with Crippen molar-refractivity contribution in [2.75, 3.05) is 32.0 Å². The van der Waals surface area contributed by atoms with Crippen LogP contribution in [0.15, 0.2) is 53.4 Å². The fourth-order valence-electron chi connectivity index (χ4n) is 1.99. The molecule has 8 heteroatoms. The number of anilines is 1. The third kappa shape index (κ3) is 5.38. The summed E-state index contributed by atoms with van der Waals surface area (Å²) in [5.74, 6) is 0.906. The lowest BCUT2D eigenvalue weighted by Crippen LogP contribution is -2.27. The lowest BCUT2D eigenvalue weighted by Gasteiger charge is -2.12. The molecule has 0 radical (unpaired) electrons. The molecule has 2 rings (SSSR count). The number of hydrogen-bond acceptors (Lipinski definition) is 5. The van der Waals surface area contributed by atoms with E-state index in [0.717, 1.165) is 0 Å². The van der Waals surface area contributed by atoms with Gasteiger partial charge in [-0.3, -0.25) is 9.52 Å². The van der Waals surface area contributed by atoms with Crippen molar-refractivity contribution in [1.82, 2.24) is 4.90 Å². The van der Waals surface area contributed by atoms with Crippen LogP contribution in [0.3, 0.4) is 0 Å². The van der Waals surface area contributed by atoms with Crippen molar-refractivity contribution in [2.24, 2.45) is 0 Å². The zero-order valence-corrected chi connectivity index (χ0v) is 15.7. The van der Waals surface area contributed by atoms with E-state index in [-0.39, 0.29) is 17.4 Å². The van der Waals surface area contributed by atoms with E-state index in [9.17, 15) is 13.2 Å². The first-order chi connectivity index (χ1) is 12.3. The topological polar surface area (TPSA) is 84.9 Å². The van der Waals surface area contributed by atoms with Gasteiger partial charge in [-0.2, -0.15) is 0 Å². The van der Waals surface area contributed by atoms with Crippen LogP contribution in [0, 0.1) is 0 Å². The second kappa shape index (κ2) is 8.57. The normalized spacial score (nSPS) is 10.9. The number of hydrogen-bond donors (Lipinski definition) is 1. The van der Waals surface area contributed by atoms with Crippen molar-refractivity contribution in [3.63, 3.8) is 0 Å². The summed E-state index contributed by atoms with van der Waals surface area (Å²) in [5.41, 5.74) is 0.436. The first-order valence-electron chi connectivity index (χ1n) is 8.00. The summed E-state index contributed by atoms with van der Waals surface area (Å²) in [4.78, 5) is 13.0. The van der Waals surface area contributed by atoms with E-state index in [1.165, 1.54) is 29.2 Å². The van der Waals surface area contributed by atoms with Gasteiger partial charge < -0.3 is 14.4 Å². The van der Waals surface area contributed by atoms with Crippen LogP contribution in [-0.4, -0.2) is 46.5 Å². The molecule has 1 N–H and O–H groups in total. The molecule has 0 spiro atoms. The average molecular weight is 378 g/mol. The molecule has 0 saturated carbocycles. The van der Waals surface area contributed by atoms with E-state index in [4.69, 9.17) is 9.47 Å². The molecule has 0 saturated heterocycles. The van der Waals surface area contributed by atoms with Crippen LogP contribution in [0.5, 0.6) is 11.5 Å². The lowest BCUT2D eigenvalue weighted by atomic mass is 10.3. The number of rotatable bonds is 8. The van der Waals surface area contributed by atoms with Gasteiger partial charge >= 0.3 is 0 Å². The molecule has 0 unspecified atom stereocenters. The van der Waals surface area contributed by atoms with Crippen molar-refractivity contribution in [3.05, 3.63) is 48.5 Å². The average Bonchev–Trinajstić information content (AvgIpc) is 2.61. The molecule has 0 heterocycles. The van der Waals surface area contributed by atoms with Gasteiger partial charge in [-0.05, 0) is 55.5 Å². The first kappa shape index (κ1) is 19.6. The van der Waals surface area contributed by atoms with E-state index in [0.29, 0.717) is 23.8 Å². The molecule has 0 aliphatic rings. The molecule has 0 atom stereocenters. The molecule has 1 amide bonds. The zero-order chi connectivity index (χ0) is 19.2. The maximum absolute atomic E-state index is 12.4. The minimum atomic E-state index is -3.72. The Balaban J connectivity index is 2.03. The Bertz CT molecular complexity index is 831. The molecule has 0 bridgehead atoms.